The maximum atomic E-state index is 4.22. The summed E-state index contributed by atoms with van der Waals surface area (Å²) in [5.41, 5.74) is 1.37. The molecule has 3 nitrogen and oxygen atoms in total. The molecule has 1 unspecified atom stereocenters. The molecule has 96 valence electrons. The molecule has 0 bridgehead atoms. The molecule has 0 radical (unpaired) electrons. The normalized spacial score (nSPS) is 17.6. The maximum Gasteiger partial charge on any atom is 0.0521 e. The Kier molecular flexibility index (Phi) is 4.21. The average Bonchev–Trinajstić information content (AvgIpc) is 3.01. The van der Waals surface area contributed by atoms with Crippen molar-refractivity contribution in [3.63, 3.8) is 0 Å². The van der Waals surface area contributed by atoms with Crippen LogP contribution in [0, 0.1) is 11.8 Å². The van der Waals surface area contributed by atoms with E-state index in [4.69, 9.17) is 0 Å². The fourth-order valence-corrected chi connectivity index (χ4v) is 2.23. The summed E-state index contributed by atoms with van der Waals surface area (Å²) in [6.45, 7) is 5.85. The van der Waals surface area contributed by atoms with Crippen LogP contribution in [0.15, 0.2) is 12.4 Å². The van der Waals surface area contributed by atoms with E-state index in [0.717, 1.165) is 24.3 Å². The van der Waals surface area contributed by atoms with E-state index in [9.17, 15) is 0 Å². The summed E-state index contributed by atoms with van der Waals surface area (Å²) >= 11 is 0. The molecule has 1 aromatic heterocycles. The zero-order valence-electron chi connectivity index (χ0n) is 11.3. The molecule has 2 rings (SSSR count). The van der Waals surface area contributed by atoms with Crippen LogP contribution in [0.2, 0.25) is 0 Å². The number of aryl methyl sites for hydroxylation is 2. The van der Waals surface area contributed by atoms with Gasteiger partial charge >= 0.3 is 0 Å². The van der Waals surface area contributed by atoms with Gasteiger partial charge in [0, 0.05) is 19.3 Å². The number of hydrogen-bond donors (Lipinski definition) is 1. The van der Waals surface area contributed by atoms with E-state index in [1.165, 1.54) is 31.4 Å². The number of rotatable bonds is 7. The first-order valence-electron chi connectivity index (χ1n) is 6.86. The van der Waals surface area contributed by atoms with Crippen molar-refractivity contribution in [3.05, 3.63) is 18.0 Å². The lowest BCUT2D eigenvalue weighted by molar-refractivity contribution is 0.340. The lowest BCUT2D eigenvalue weighted by Gasteiger charge is -2.21. The van der Waals surface area contributed by atoms with Gasteiger partial charge in [-0.3, -0.25) is 4.68 Å². The summed E-state index contributed by atoms with van der Waals surface area (Å²) < 4.78 is 1.89. The molecule has 3 heteroatoms. The van der Waals surface area contributed by atoms with Crippen molar-refractivity contribution < 1.29 is 0 Å². The quantitative estimate of drug-likeness (QED) is 0.786. The third kappa shape index (κ3) is 4.15. The molecule has 17 heavy (non-hydrogen) atoms. The lowest BCUT2D eigenvalue weighted by atomic mass is 9.90. The summed E-state index contributed by atoms with van der Waals surface area (Å²) in [6.07, 6.45) is 9.31. The van der Waals surface area contributed by atoms with Crippen molar-refractivity contribution in [1.29, 1.82) is 0 Å². The van der Waals surface area contributed by atoms with E-state index < -0.39 is 0 Å². The molecule has 1 saturated carbocycles. The number of nitrogens with zero attached hydrogens (tertiary/aromatic N) is 2. The van der Waals surface area contributed by atoms with Gasteiger partial charge in [-0.1, -0.05) is 13.8 Å². The Hall–Kier alpha value is -0.830. The highest BCUT2D eigenvalue weighted by molar-refractivity contribution is 5.03. The van der Waals surface area contributed by atoms with Crippen LogP contribution in [0.5, 0.6) is 0 Å². The Morgan fingerprint density at radius 3 is 2.76 bits per heavy atom. The van der Waals surface area contributed by atoms with E-state index in [2.05, 4.69) is 30.5 Å². The Morgan fingerprint density at radius 2 is 2.24 bits per heavy atom. The third-order valence-electron chi connectivity index (χ3n) is 3.75. The minimum absolute atomic E-state index is 0.762. The second-order valence-electron chi connectivity index (χ2n) is 5.75. The minimum Gasteiger partial charge on any atom is -0.314 e. The van der Waals surface area contributed by atoms with Crippen LogP contribution >= 0.6 is 0 Å². The van der Waals surface area contributed by atoms with Crippen molar-refractivity contribution in [2.75, 3.05) is 6.54 Å². The molecule has 1 aliphatic carbocycles. The number of aromatic nitrogens is 2. The van der Waals surface area contributed by atoms with Crippen LogP contribution in [0.25, 0.3) is 0 Å². The topological polar surface area (TPSA) is 29.9 Å². The van der Waals surface area contributed by atoms with Crippen LogP contribution in [0.3, 0.4) is 0 Å². The van der Waals surface area contributed by atoms with Gasteiger partial charge in [0.15, 0.2) is 0 Å². The Morgan fingerprint density at radius 1 is 1.47 bits per heavy atom. The molecule has 1 aromatic rings. The summed E-state index contributed by atoms with van der Waals surface area (Å²) in [5.74, 6) is 1.55. The second-order valence-corrected chi connectivity index (χ2v) is 5.75. The van der Waals surface area contributed by atoms with E-state index in [1.54, 1.807) is 0 Å². The molecule has 0 amide bonds. The van der Waals surface area contributed by atoms with Crippen molar-refractivity contribution in [1.82, 2.24) is 15.1 Å². The van der Waals surface area contributed by atoms with Crippen molar-refractivity contribution in [3.8, 4) is 0 Å². The van der Waals surface area contributed by atoms with Crippen LogP contribution in [-0.4, -0.2) is 22.4 Å². The van der Waals surface area contributed by atoms with E-state index in [-0.39, 0.29) is 0 Å². The van der Waals surface area contributed by atoms with Gasteiger partial charge in [0.25, 0.3) is 0 Å². The highest BCUT2D eigenvalue weighted by atomic mass is 15.2. The van der Waals surface area contributed by atoms with Gasteiger partial charge in [-0.2, -0.15) is 5.10 Å². The van der Waals surface area contributed by atoms with Crippen LogP contribution in [0.4, 0.5) is 0 Å². The Bertz CT molecular complexity index is 339. The number of hydrogen-bond acceptors (Lipinski definition) is 2. The molecule has 0 saturated heterocycles. The molecule has 1 aliphatic rings. The lowest BCUT2D eigenvalue weighted by Crippen LogP contribution is -2.28. The van der Waals surface area contributed by atoms with Gasteiger partial charge in [0.05, 0.1) is 6.20 Å². The molecule has 1 N–H and O–H groups in total. The van der Waals surface area contributed by atoms with Gasteiger partial charge in [-0.25, -0.2) is 0 Å². The first-order chi connectivity index (χ1) is 8.15. The first-order valence-corrected chi connectivity index (χ1v) is 6.86. The van der Waals surface area contributed by atoms with Crippen molar-refractivity contribution in [2.24, 2.45) is 18.9 Å². The molecule has 1 heterocycles. The number of nitrogens with one attached hydrogen (secondary N) is 1. The summed E-state index contributed by atoms with van der Waals surface area (Å²) in [6, 6.07) is 0.828. The first kappa shape index (κ1) is 12.6. The van der Waals surface area contributed by atoms with E-state index in [1.807, 2.05) is 17.9 Å². The van der Waals surface area contributed by atoms with E-state index >= 15 is 0 Å². The fraction of sp³-hybridized carbons (Fsp3) is 0.786. The van der Waals surface area contributed by atoms with Gasteiger partial charge in [-0.15, -0.1) is 0 Å². The molecule has 0 spiro atoms. The monoisotopic (exact) mass is 235 g/mol. The van der Waals surface area contributed by atoms with Crippen LogP contribution in [-0.2, 0) is 13.5 Å². The van der Waals surface area contributed by atoms with Crippen molar-refractivity contribution >= 4 is 0 Å². The Balaban J connectivity index is 1.75. The standard InChI is InChI=1S/C14H25N3/c1-11(2)13(9-15-14-6-7-14)5-4-12-8-16-17(3)10-12/h8,10-11,13-15H,4-7,9H2,1-3H3. The molecule has 1 atom stereocenters. The largest absolute Gasteiger partial charge is 0.314 e. The summed E-state index contributed by atoms with van der Waals surface area (Å²) in [7, 11) is 1.98. The predicted octanol–water partition coefficient (Wildman–Crippen LogP) is 2.38. The van der Waals surface area contributed by atoms with Crippen LogP contribution in [0.1, 0.15) is 38.7 Å². The zero-order valence-corrected chi connectivity index (χ0v) is 11.3. The highest BCUT2D eigenvalue weighted by Crippen LogP contribution is 2.22. The van der Waals surface area contributed by atoms with Gasteiger partial charge < -0.3 is 5.32 Å². The summed E-state index contributed by atoms with van der Waals surface area (Å²) in [5, 5.41) is 7.88. The van der Waals surface area contributed by atoms with Gasteiger partial charge in [0.2, 0.25) is 0 Å². The molecular weight excluding hydrogens is 210 g/mol. The van der Waals surface area contributed by atoms with E-state index in [0.29, 0.717) is 0 Å². The third-order valence-corrected chi connectivity index (χ3v) is 3.75. The molecular formula is C14H25N3. The predicted molar refractivity (Wildman–Crippen MR) is 70.9 cm³/mol. The highest BCUT2D eigenvalue weighted by Gasteiger charge is 2.22. The fourth-order valence-electron chi connectivity index (χ4n) is 2.23. The minimum atomic E-state index is 0.762. The zero-order chi connectivity index (χ0) is 12.3. The maximum absolute atomic E-state index is 4.22. The van der Waals surface area contributed by atoms with Gasteiger partial charge in [0.1, 0.15) is 0 Å². The average molecular weight is 235 g/mol. The van der Waals surface area contributed by atoms with Crippen molar-refractivity contribution in [2.45, 2.75) is 45.6 Å². The second kappa shape index (κ2) is 5.67. The molecule has 0 aliphatic heterocycles. The SMILES string of the molecule is CC(C)C(CCc1cnn(C)c1)CNC1CC1. The Labute approximate surface area is 105 Å². The smallest absolute Gasteiger partial charge is 0.0521 e. The van der Waals surface area contributed by atoms with Crippen LogP contribution < -0.4 is 5.32 Å². The van der Waals surface area contributed by atoms with Gasteiger partial charge in [-0.05, 0) is 49.6 Å². The molecule has 0 aromatic carbocycles. The molecule has 1 fully saturated rings. The summed E-state index contributed by atoms with van der Waals surface area (Å²) in [4.78, 5) is 0.